The highest BCUT2D eigenvalue weighted by Crippen LogP contribution is 2.10. The first-order valence-corrected chi connectivity index (χ1v) is 5.99. The number of anilines is 1. The van der Waals surface area contributed by atoms with E-state index in [1.165, 1.54) is 0 Å². The molecule has 1 aliphatic heterocycles. The van der Waals surface area contributed by atoms with Crippen LogP contribution in [-0.4, -0.2) is 48.9 Å². The molecule has 1 fully saturated rings. The van der Waals surface area contributed by atoms with E-state index in [1.807, 2.05) is 23.9 Å². The van der Waals surface area contributed by atoms with Crippen LogP contribution in [-0.2, 0) is 0 Å². The Labute approximate surface area is 107 Å². The zero-order valence-corrected chi connectivity index (χ0v) is 10.8. The molecule has 1 aliphatic rings. The van der Waals surface area contributed by atoms with Crippen molar-refractivity contribution in [3.63, 3.8) is 0 Å². The van der Waals surface area contributed by atoms with Crippen molar-refractivity contribution in [2.45, 2.75) is 6.42 Å². The molecule has 1 aromatic rings. The number of carbonyl (C=O) groups is 1. The Balaban J connectivity index is 2.21. The van der Waals surface area contributed by atoms with E-state index >= 15 is 0 Å². The first-order chi connectivity index (χ1) is 8.58. The Hall–Kier alpha value is -2.04. The highest BCUT2D eigenvalue weighted by Gasteiger charge is 2.19. The van der Waals surface area contributed by atoms with Crippen molar-refractivity contribution in [2.24, 2.45) is 4.99 Å². The number of carbonyl (C=O) groups excluding carboxylic acids is 1. The van der Waals surface area contributed by atoms with Crippen LogP contribution in [0.5, 0.6) is 0 Å². The summed E-state index contributed by atoms with van der Waals surface area (Å²) < 4.78 is 0. The lowest BCUT2D eigenvalue weighted by Gasteiger charge is -2.34. The molecule has 0 bridgehead atoms. The summed E-state index contributed by atoms with van der Waals surface area (Å²) in [6, 6.07) is 6.82. The van der Waals surface area contributed by atoms with Crippen molar-refractivity contribution in [2.75, 3.05) is 32.9 Å². The van der Waals surface area contributed by atoms with E-state index in [0.717, 1.165) is 25.5 Å². The van der Waals surface area contributed by atoms with E-state index in [-0.39, 0.29) is 5.91 Å². The second kappa shape index (κ2) is 5.08. The van der Waals surface area contributed by atoms with Crippen LogP contribution in [0.4, 0.5) is 5.69 Å². The van der Waals surface area contributed by atoms with Crippen molar-refractivity contribution >= 4 is 17.6 Å². The minimum atomic E-state index is -0.231. The first kappa shape index (κ1) is 12.4. The summed E-state index contributed by atoms with van der Waals surface area (Å²) in [7, 11) is 3.90. The van der Waals surface area contributed by atoms with Crippen molar-refractivity contribution in [3.8, 4) is 0 Å². The Morgan fingerprint density at radius 3 is 2.28 bits per heavy atom. The second-order valence-electron chi connectivity index (χ2n) is 4.54. The molecular formula is C13H18N4O. The number of nitrogen functional groups attached to an aromatic ring is 1. The van der Waals surface area contributed by atoms with Crippen LogP contribution in [0.15, 0.2) is 29.3 Å². The van der Waals surface area contributed by atoms with Crippen molar-refractivity contribution < 1.29 is 4.79 Å². The van der Waals surface area contributed by atoms with E-state index < -0.39 is 0 Å². The first-order valence-electron chi connectivity index (χ1n) is 5.99. The van der Waals surface area contributed by atoms with Gasteiger partial charge in [0, 0.05) is 38.4 Å². The Morgan fingerprint density at radius 1 is 1.17 bits per heavy atom. The fraction of sp³-hybridized carbons (Fsp3) is 0.385. The molecule has 0 aromatic heterocycles. The zero-order chi connectivity index (χ0) is 13.1. The average molecular weight is 246 g/mol. The number of benzene rings is 1. The van der Waals surface area contributed by atoms with E-state index in [4.69, 9.17) is 5.73 Å². The lowest BCUT2D eigenvalue weighted by atomic mass is 10.2. The number of hydrogen-bond donors (Lipinski definition) is 1. The molecule has 1 saturated heterocycles. The van der Waals surface area contributed by atoms with E-state index in [0.29, 0.717) is 11.3 Å². The minimum absolute atomic E-state index is 0.231. The minimum Gasteiger partial charge on any atom is -0.399 e. The van der Waals surface area contributed by atoms with Gasteiger partial charge in [0.15, 0.2) is 0 Å². The maximum absolute atomic E-state index is 12.0. The van der Waals surface area contributed by atoms with Crippen LogP contribution in [0.2, 0.25) is 0 Å². The lowest BCUT2D eigenvalue weighted by Crippen LogP contribution is -2.46. The van der Waals surface area contributed by atoms with Gasteiger partial charge in [-0.05, 0) is 30.7 Å². The molecule has 0 spiro atoms. The molecular weight excluding hydrogens is 228 g/mol. The van der Waals surface area contributed by atoms with Crippen LogP contribution in [0.1, 0.15) is 16.8 Å². The van der Waals surface area contributed by atoms with Gasteiger partial charge in [0.1, 0.15) is 0 Å². The molecule has 1 aromatic carbocycles. The van der Waals surface area contributed by atoms with Crippen molar-refractivity contribution in [3.05, 3.63) is 29.8 Å². The lowest BCUT2D eigenvalue weighted by molar-refractivity contribution is 0.0998. The number of nitrogens with two attached hydrogens (primary N) is 1. The molecule has 2 N–H and O–H groups in total. The van der Waals surface area contributed by atoms with Gasteiger partial charge in [-0.15, -0.1) is 0 Å². The standard InChI is InChI=1S/C13H18N4O/c1-16-8-3-9-17(2)13(16)15-12(18)10-4-6-11(14)7-5-10/h4-7H,3,8-9,14H2,1-2H3. The van der Waals surface area contributed by atoms with Gasteiger partial charge in [-0.25, -0.2) is 0 Å². The maximum Gasteiger partial charge on any atom is 0.280 e. The second-order valence-corrected chi connectivity index (χ2v) is 4.54. The number of hydrogen-bond acceptors (Lipinski definition) is 2. The largest absolute Gasteiger partial charge is 0.399 e. The Morgan fingerprint density at radius 2 is 1.72 bits per heavy atom. The summed E-state index contributed by atoms with van der Waals surface area (Å²) in [5.41, 5.74) is 6.80. The molecule has 1 heterocycles. The van der Waals surface area contributed by atoms with E-state index in [1.54, 1.807) is 24.3 Å². The number of nitrogens with zero attached hydrogens (tertiary/aromatic N) is 3. The van der Waals surface area contributed by atoms with E-state index in [2.05, 4.69) is 4.99 Å². The van der Waals surface area contributed by atoms with Crippen LogP contribution < -0.4 is 5.73 Å². The fourth-order valence-electron chi connectivity index (χ4n) is 1.99. The quantitative estimate of drug-likeness (QED) is 0.752. The van der Waals surface area contributed by atoms with E-state index in [9.17, 15) is 4.79 Å². The predicted molar refractivity (Wildman–Crippen MR) is 72.5 cm³/mol. The average Bonchev–Trinajstić information content (AvgIpc) is 2.34. The summed E-state index contributed by atoms with van der Waals surface area (Å²) in [5.74, 6) is 0.494. The number of guanidine groups is 1. The van der Waals surface area contributed by atoms with Gasteiger partial charge in [-0.3, -0.25) is 4.79 Å². The molecule has 18 heavy (non-hydrogen) atoms. The molecule has 0 aliphatic carbocycles. The maximum atomic E-state index is 12.0. The summed E-state index contributed by atoms with van der Waals surface area (Å²) in [6.45, 7) is 1.86. The highest BCUT2D eigenvalue weighted by atomic mass is 16.1. The highest BCUT2D eigenvalue weighted by molar-refractivity contribution is 6.02. The number of rotatable bonds is 1. The van der Waals surface area contributed by atoms with Gasteiger partial charge in [-0.2, -0.15) is 4.99 Å². The van der Waals surface area contributed by atoms with Gasteiger partial charge in [0.2, 0.25) is 5.96 Å². The zero-order valence-electron chi connectivity index (χ0n) is 10.8. The molecule has 2 rings (SSSR count). The summed E-state index contributed by atoms with van der Waals surface area (Å²) in [4.78, 5) is 20.2. The van der Waals surface area contributed by atoms with Crippen molar-refractivity contribution in [1.29, 1.82) is 0 Å². The Kier molecular flexibility index (Phi) is 3.50. The summed E-state index contributed by atoms with van der Waals surface area (Å²) >= 11 is 0. The molecule has 0 atom stereocenters. The molecule has 0 saturated carbocycles. The topological polar surface area (TPSA) is 61.9 Å². The molecule has 0 radical (unpaired) electrons. The predicted octanol–water partition coefficient (Wildman–Crippen LogP) is 1.03. The normalized spacial score (nSPS) is 15.8. The summed E-state index contributed by atoms with van der Waals surface area (Å²) in [6.07, 6.45) is 1.09. The molecule has 96 valence electrons. The number of aliphatic imine (C=N–C) groups is 1. The fourth-order valence-corrected chi connectivity index (χ4v) is 1.99. The van der Waals surface area contributed by atoms with Crippen LogP contribution >= 0.6 is 0 Å². The third-order valence-electron chi connectivity index (χ3n) is 3.03. The summed E-state index contributed by atoms with van der Waals surface area (Å²) in [5, 5.41) is 0. The van der Waals surface area contributed by atoms with Crippen LogP contribution in [0, 0.1) is 0 Å². The smallest absolute Gasteiger partial charge is 0.280 e. The van der Waals surface area contributed by atoms with Crippen LogP contribution in [0.3, 0.4) is 0 Å². The number of amides is 1. The third-order valence-corrected chi connectivity index (χ3v) is 3.03. The van der Waals surface area contributed by atoms with Crippen molar-refractivity contribution in [1.82, 2.24) is 9.80 Å². The molecule has 5 heteroatoms. The van der Waals surface area contributed by atoms with Crippen LogP contribution in [0.25, 0.3) is 0 Å². The molecule has 0 unspecified atom stereocenters. The van der Waals surface area contributed by atoms with Gasteiger partial charge >= 0.3 is 0 Å². The SMILES string of the molecule is CN1CCCN(C)C1=NC(=O)c1ccc(N)cc1. The van der Waals surface area contributed by atoms with Gasteiger partial charge in [0.25, 0.3) is 5.91 Å². The van der Waals surface area contributed by atoms with Gasteiger partial charge < -0.3 is 15.5 Å². The Bertz CT molecular complexity index is 454. The van der Waals surface area contributed by atoms with Gasteiger partial charge in [0.05, 0.1) is 0 Å². The van der Waals surface area contributed by atoms with Gasteiger partial charge in [-0.1, -0.05) is 0 Å². The monoisotopic (exact) mass is 246 g/mol. The molecule has 1 amide bonds. The third kappa shape index (κ3) is 2.61. The molecule has 5 nitrogen and oxygen atoms in total.